The first-order chi connectivity index (χ1) is 8.04. The molecular formula is C13H19ClF2OSi. The number of aliphatic hydroxyl groups is 1. The first-order valence-electron chi connectivity index (χ1n) is 5.86. The lowest BCUT2D eigenvalue weighted by atomic mass is 10.0. The standard InChI is InChI=1S/C13H19ClF2OSi/c1-9-5-6-10(7-11(9)14)13(15,16)12(17)8-18(2,3)4/h5-7,12,17H,8H2,1-4H3. The summed E-state index contributed by atoms with van der Waals surface area (Å²) in [7, 11) is -1.75. The monoisotopic (exact) mass is 292 g/mol. The molecule has 1 nitrogen and oxygen atoms in total. The van der Waals surface area contributed by atoms with Gasteiger partial charge in [0.25, 0.3) is 5.92 Å². The molecule has 0 spiro atoms. The zero-order valence-electron chi connectivity index (χ0n) is 11.1. The van der Waals surface area contributed by atoms with E-state index in [4.69, 9.17) is 11.6 Å². The average Bonchev–Trinajstić information content (AvgIpc) is 2.19. The van der Waals surface area contributed by atoms with Gasteiger partial charge in [0.2, 0.25) is 0 Å². The van der Waals surface area contributed by atoms with E-state index in [9.17, 15) is 13.9 Å². The van der Waals surface area contributed by atoms with Crippen molar-refractivity contribution in [1.29, 1.82) is 0 Å². The maximum absolute atomic E-state index is 14.1. The zero-order valence-corrected chi connectivity index (χ0v) is 12.9. The van der Waals surface area contributed by atoms with Crippen LogP contribution in [0.25, 0.3) is 0 Å². The van der Waals surface area contributed by atoms with E-state index < -0.39 is 20.1 Å². The van der Waals surface area contributed by atoms with E-state index in [-0.39, 0.29) is 11.6 Å². The molecule has 0 radical (unpaired) electrons. The predicted octanol–water partition coefficient (Wildman–Crippen LogP) is 4.44. The van der Waals surface area contributed by atoms with Gasteiger partial charge in [-0.2, -0.15) is 8.78 Å². The van der Waals surface area contributed by atoms with Gasteiger partial charge in [-0.1, -0.05) is 43.4 Å². The molecule has 0 heterocycles. The Morgan fingerprint density at radius 2 is 1.89 bits per heavy atom. The van der Waals surface area contributed by atoms with Crippen LogP contribution in [0.2, 0.25) is 30.7 Å². The van der Waals surface area contributed by atoms with Crippen LogP contribution >= 0.6 is 11.6 Å². The molecule has 1 atom stereocenters. The highest BCUT2D eigenvalue weighted by Crippen LogP contribution is 2.37. The first kappa shape index (κ1) is 15.6. The Hall–Kier alpha value is -0.453. The third-order valence-electron chi connectivity index (χ3n) is 2.78. The Bertz CT molecular complexity index is 429. The van der Waals surface area contributed by atoms with Crippen molar-refractivity contribution in [1.82, 2.24) is 0 Å². The lowest BCUT2D eigenvalue weighted by Gasteiger charge is -2.28. The van der Waals surface area contributed by atoms with Gasteiger partial charge in [-0.05, 0) is 24.6 Å². The van der Waals surface area contributed by atoms with E-state index in [0.29, 0.717) is 5.02 Å². The smallest absolute Gasteiger partial charge is 0.298 e. The summed E-state index contributed by atoms with van der Waals surface area (Å²) in [6.45, 7) is 7.61. The van der Waals surface area contributed by atoms with Crippen LogP contribution in [-0.2, 0) is 5.92 Å². The molecule has 0 aliphatic carbocycles. The minimum atomic E-state index is -3.25. The summed E-state index contributed by atoms with van der Waals surface area (Å²) in [5, 5.41) is 10.1. The van der Waals surface area contributed by atoms with Gasteiger partial charge in [0.1, 0.15) is 6.10 Å². The van der Waals surface area contributed by atoms with Crippen molar-refractivity contribution in [2.75, 3.05) is 0 Å². The second-order valence-electron chi connectivity index (χ2n) is 5.87. The second kappa shape index (κ2) is 5.27. The largest absolute Gasteiger partial charge is 0.387 e. The lowest BCUT2D eigenvalue weighted by Crippen LogP contribution is -2.37. The summed E-state index contributed by atoms with van der Waals surface area (Å²) in [5.74, 6) is -3.25. The molecule has 102 valence electrons. The molecule has 0 aromatic heterocycles. The Balaban J connectivity index is 3.01. The van der Waals surface area contributed by atoms with E-state index in [1.807, 2.05) is 19.6 Å². The lowest BCUT2D eigenvalue weighted by molar-refractivity contribution is -0.106. The summed E-state index contributed by atoms with van der Waals surface area (Å²) in [5.41, 5.74) is 0.528. The topological polar surface area (TPSA) is 20.2 Å². The molecule has 0 saturated carbocycles. The van der Waals surface area contributed by atoms with Crippen LogP contribution < -0.4 is 0 Å². The van der Waals surface area contributed by atoms with E-state index in [0.717, 1.165) is 5.56 Å². The van der Waals surface area contributed by atoms with Crippen molar-refractivity contribution in [3.05, 3.63) is 34.3 Å². The van der Waals surface area contributed by atoms with Crippen LogP contribution in [-0.4, -0.2) is 19.3 Å². The van der Waals surface area contributed by atoms with Gasteiger partial charge in [-0.15, -0.1) is 0 Å². The van der Waals surface area contributed by atoms with Crippen LogP contribution in [0.5, 0.6) is 0 Å². The van der Waals surface area contributed by atoms with Gasteiger partial charge in [0.05, 0.1) is 0 Å². The van der Waals surface area contributed by atoms with Crippen LogP contribution in [0, 0.1) is 6.92 Å². The molecule has 0 fully saturated rings. The quantitative estimate of drug-likeness (QED) is 0.814. The molecule has 0 aliphatic heterocycles. The van der Waals surface area contributed by atoms with Crippen LogP contribution in [0.3, 0.4) is 0 Å². The van der Waals surface area contributed by atoms with Gasteiger partial charge < -0.3 is 5.11 Å². The molecule has 0 amide bonds. The molecule has 1 rings (SSSR count). The average molecular weight is 293 g/mol. The molecule has 1 N–H and O–H groups in total. The summed E-state index contributed by atoms with van der Waals surface area (Å²) in [6, 6.07) is 4.28. The number of alkyl halides is 2. The van der Waals surface area contributed by atoms with Crippen LogP contribution in [0.15, 0.2) is 18.2 Å². The molecule has 1 aromatic carbocycles. The van der Waals surface area contributed by atoms with Gasteiger partial charge in [-0.3, -0.25) is 0 Å². The Labute approximate surface area is 113 Å². The fourth-order valence-electron chi connectivity index (χ4n) is 1.70. The Kier molecular flexibility index (Phi) is 4.57. The number of aryl methyl sites for hydroxylation is 1. The Morgan fingerprint density at radius 3 is 2.33 bits per heavy atom. The molecule has 0 aliphatic rings. The highest BCUT2D eigenvalue weighted by atomic mass is 35.5. The third kappa shape index (κ3) is 3.77. The minimum absolute atomic E-state index is 0.158. The summed E-state index contributed by atoms with van der Waals surface area (Å²) < 4.78 is 28.2. The van der Waals surface area contributed by atoms with Crippen molar-refractivity contribution in [2.24, 2.45) is 0 Å². The third-order valence-corrected chi connectivity index (χ3v) is 4.80. The number of hydrogen-bond donors (Lipinski definition) is 1. The first-order valence-corrected chi connectivity index (χ1v) is 9.95. The number of halogens is 3. The fourth-order valence-corrected chi connectivity index (χ4v) is 3.30. The van der Waals surface area contributed by atoms with Crippen molar-refractivity contribution >= 4 is 19.7 Å². The normalized spacial score (nSPS) is 14.7. The highest BCUT2D eigenvalue weighted by Gasteiger charge is 2.42. The van der Waals surface area contributed by atoms with Gasteiger partial charge in [0, 0.05) is 18.7 Å². The molecule has 0 saturated heterocycles. The van der Waals surface area contributed by atoms with Crippen LogP contribution in [0.1, 0.15) is 11.1 Å². The number of hydrogen-bond acceptors (Lipinski definition) is 1. The van der Waals surface area contributed by atoms with E-state index in [1.54, 1.807) is 13.0 Å². The zero-order chi connectivity index (χ0) is 14.1. The van der Waals surface area contributed by atoms with Crippen molar-refractivity contribution in [3.8, 4) is 0 Å². The van der Waals surface area contributed by atoms with Crippen molar-refractivity contribution in [3.63, 3.8) is 0 Å². The molecule has 0 bridgehead atoms. The Morgan fingerprint density at radius 1 is 1.33 bits per heavy atom. The SMILES string of the molecule is Cc1ccc(C(F)(F)C(O)C[Si](C)(C)C)cc1Cl. The number of aliphatic hydroxyl groups excluding tert-OH is 1. The maximum atomic E-state index is 14.1. The van der Waals surface area contributed by atoms with E-state index >= 15 is 0 Å². The van der Waals surface area contributed by atoms with Gasteiger partial charge in [0.15, 0.2) is 0 Å². The summed E-state index contributed by atoms with van der Waals surface area (Å²) >= 11 is 5.85. The second-order valence-corrected chi connectivity index (χ2v) is 11.8. The predicted molar refractivity (Wildman–Crippen MR) is 74.2 cm³/mol. The number of benzene rings is 1. The fraction of sp³-hybridized carbons (Fsp3) is 0.538. The van der Waals surface area contributed by atoms with Crippen molar-refractivity contribution in [2.45, 2.75) is 44.6 Å². The number of rotatable bonds is 4. The maximum Gasteiger partial charge on any atom is 0.298 e. The summed E-state index contributed by atoms with van der Waals surface area (Å²) in [4.78, 5) is 0. The highest BCUT2D eigenvalue weighted by molar-refractivity contribution is 6.76. The minimum Gasteiger partial charge on any atom is -0.387 e. The molecule has 1 unspecified atom stereocenters. The van der Waals surface area contributed by atoms with Gasteiger partial charge >= 0.3 is 0 Å². The van der Waals surface area contributed by atoms with E-state index in [2.05, 4.69) is 0 Å². The summed E-state index contributed by atoms with van der Waals surface area (Å²) in [6.07, 6.45) is -1.65. The van der Waals surface area contributed by atoms with Crippen molar-refractivity contribution < 1.29 is 13.9 Å². The van der Waals surface area contributed by atoms with E-state index in [1.165, 1.54) is 12.1 Å². The molecule has 18 heavy (non-hydrogen) atoms. The molecule has 5 heteroatoms. The molecule has 1 aromatic rings. The van der Waals surface area contributed by atoms with Crippen LogP contribution in [0.4, 0.5) is 8.78 Å². The molecular weight excluding hydrogens is 274 g/mol. The van der Waals surface area contributed by atoms with Gasteiger partial charge in [-0.25, -0.2) is 0 Å².